The van der Waals surface area contributed by atoms with Crippen molar-refractivity contribution in [1.29, 1.82) is 0 Å². The fourth-order valence-electron chi connectivity index (χ4n) is 2.78. The van der Waals surface area contributed by atoms with Gasteiger partial charge >= 0.3 is 5.97 Å². The molecule has 0 saturated heterocycles. The number of aromatic hydroxyl groups is 1. The molecule has 0 aliphatic carbocycles. The van der Waals surface area contributed by atoms with Crippen molar-refractivity contribution in [3.05, 3.63) is 77.4 Å². The standard InChI is InChI=1S/C21H15F4NO4/c22-12-3-1-2-11(8-12)13-4-6-16(27)14(19(13)24)9-26-21-15(23)5-7-17(20(21)25)30-10-18(28)29/h1-8,26-27H,9-10H2,(H,28,29). The van der Waals surface area contributed by atoms with Crippen molar-refractivity contribution in [3.8, 4) is 22.6 Å². The Hall–Kier alpha value is -3.75. The molecule has 0 bridgehead atoms. The van der Waals surface area contributed by atoms with Crippen LogP contribution in [0.1, 0.15) is 5.56 Å². The van der Waals surface area contributed by atoms with Crippen molar-refractivity contribution in [2.24, 2.45) is 0 Å². The largest absolute Gasteiger partial charge is 0.507 e. The maximum absolute atomic E-state index is 14.9. The Balaban J connectivity index is 1.90. The van der Waals surface area contributed by atoms with Crippen molar-refractivity contribution in [2.45, 2.75) is 6.54 Å². The predicted octanol–water partition coefficient (Wildman–Crippen LogP) is 4.69. The molecule has 9 heteroatoms. The third-order valence-electron chi connectivity index (χ3n) is 4.20. The number of carbonyl (C=O) groups is 1. The topological polar surface area (TPSA) is 78.8 Å². The normalized spacial score (nSPS) is 10.7. The molecule has 0 fully saturated rings. The number of carboxylic acids is 1. The second-order valence-electron chi connectivity index (χ2n) is 6.21. The molecule has 0 amide bonds. The molecule has 0 unspecified atom stereocenters. The van der Waals surface area contributed by atoms with Crippen LogP contribution in [0.2, 0.25) is 0 Å². The van der Waals surface area contributed by atoms with Crippen molar-refractivity contribution in [2.75, 3.05) is 11.9 Å². The van der Waals surface area contributed by atoms with Crippen molar-refractivity contribution < 1.29 is 37.3 Å². The monoisotopic (exact) mass is 421 g/mol. The fraction of sp³-hybridized carbons (Fsp3) is 0.0952. The highest BCUT2D eigenvalue weighted by atomic mass is 19.1. The smallest absolute Gasteiger partial charge is 0.341 e. The van der Waals surface area contributed by atoms with Crippen LogP contribution in [0.5, 0.6) is 11.5 Å². The molecule has 3 rings (SSSR count). The average molecular weight is 421 g/mol. The van der Waals surface area contributed by atoms with Gasteiger partial charge in [-0.1, -0.05) is 12.1 Å². The second kappa shape index (κ2) is 8.73. The van der Waals surface area contributed by atoms with Gasteiger partial charge in [0.05, 0.1) is 0 Å². The third-order valence-corrected chi connectivity index (χ3v) is 4.20. The number of anilines is 1. The quantitative estimate of drug-likeness (QED) is 0.483. The first-order valence-corrected chi connectivity index (χ1v) is 8.60. The zero-order chi connectivity index (χ0) is 21.8. The van der Waals surface area contributed by atoms with E-state index >= 15 is 0 Å². The molecule has 156 valence electrons. The molecule has 0 heterocycles. The number of halogens is 4. The Morgan fingerprint density at radius 2 is 1.77 bits per heavy atom. The number of carboxylic acid groups (broad SMARTS) is 1. The minimum absolute atomic E-state index is 0.0106. The van der Waals surface area contributed by atoms with E-state index in [-0.39, 0.29) is 16.7 Å². The Kier molecular flexibility index (Phi) is 6.10. The number of phenols is 1. The van der Waals surface area contributed by atoms with Gasteiger partial charge in [0.15, 0.2) is 18.2 Å². The van der Waals surface area contributed by atoms with Gasteiger partial charge in [0.1, 0.15) is 28.9 Å². The van der Waals surface area contributed by atoms with Crippen LogP contribution in [-0.2, 0) is 11.3 Å². The van der Waals surface area contributed by atoms with E-state index in [1.807, 2.05) is 0 Å². The van der Waals surface area contributed by atoms with Gasteiger partial charge in [-0.3, -0.25) is 0 Å². The van der Waals surface area contributed by atoms with Crippen LogP contribution >= 0.6 is 0 Å². The summed E-state index contributed by atoms with van der Waals surface area (Å²) in [6.45, 7) is -1.36. The average Bonchev–Trinajstić information content (AvgIpc) is 2.69. The molecule has 0 saturated carbocycles. The van der Waals surface area contributed by atoms with E-state index in [4.69, 9.17) is 9.84 Å². The third kappa shape index (κ3) is 4.45. The second-order valence-corrected chi connectivity index (χ2v) is 6.21. The molecule has 0 aromatic heterocycles. The molecule has 0 atom stereocenters. The maximum Gasteiger partial charge on any atom is 0.341 e. The van der Waals surface area contributed by atoms with E-state index in [9.17, 15) is 27.5 Å². The Morgan fingerprint density at radius 3 is 2.47 bits per heavy atom. The van der Waals surface area contributed by atoms with Crippen LogP contribution < -0.4 is 10.1 Å². The molecule has 3 aromatic rings. The first-order valence-electron chi connectivity index (χ1n) is 8.60. The van der Waals surface area contributed by atoms with E-state index < -0.39 is 59.6 Å². The molecule has 30 heavy (non-hydrogen) atoms. The minimum Gasteiger partial charge on any atom is -0.507 e. The van der Waals surface area contributed by atoms with Gasteiger partial charge in [0.25, 0.3) is 0 Å². The summed E-state index contributed by atoms with van der Waals surface area (Å²) in [5.74, 6) is -6.06. The number of nitrogens with one attached hydrogen (secondary N) is 1. The molecule has 3 N–H and O–H groups in total. The van der Waals surface area contributed by atoms with Gasteiger partial charge in [-0.15, -0.1) is 0 Å². The summed E-state index contributed by atoms with van der Waals surface area (Å²) in [5, 5.41) is 21.0. The maximum atomic E-state index is 14.9. The van der Waals surface area contributed by atoms with Crippen LogP contribution in [0.25, 0.3) is 11.1 Å². The highest BCUT2D eigenvalue weighted by Gasteiger charge is 2.19. The highest BCUT2D eigenvalue weighted by Crippen LogP contribution is 2.33. The minimum atomic E-state index is -1.35. The van der Waals surface area contributed by atoms with Crippen LogP contribution in [0, 0.1) is 23.3 Å². The van der Waals surface area contributed by atoms with Crippen LogP contribution in [-0.4, -0.2) is 22.8 Å². The summed E-state index contributed by atoms with van der Waals surface area (Å²) in [5.41, 5.74) is -0.779. The van der Waals surface area contributed by atoms with Gasteiger partial charge in [-0.2, -0.15) is 0 Å². The lowest BCUT2D eigenvalue weighted by Crippen LogP contribution is -2.12. The molecule has 0 aliphatic heterocycles. The van der Waals surface area contributed by atoms with Gasteiger partial charge in [0, 0.05) is 17.7 Å². The van der Waals surface area contributed by atoms with E-state index in [2.05, 4.69) is 5.32 Å². The SMILES string of the molecule is O=C(O)COc1ccc(F)c(NCc2c(O)ccc(-c3cccc(F)c3)c2F)c1F. The summed E-state index contributed by atoms with van der Waals surface area (Å²) in [6, 6.07) is 9.36. The number of benzene rings is 3. The molecular formula is C21H15F4NO4. The number of ether oxygens (including phenoxy) is 1. The van der Waals surface area contributed by atoms with Gasteiger partial charge in [-0.25, -0.2) is 22.4 Å². The zero-order valence-electron chi connectivity index (χ0n) is 15.3. The highest BCUT2D eigenvalue weighted by molar-refractivity contribution is 5.69. The van der Waals surface area contributed by atoms with Crippen LogP contribution in [0.4, 0.5) is 23.2 Å². The first kappa shape index (κ1) is 21.0. The summed E-state index contributed by atoms with van der Waals surface area (Å²) < 4.78 is 61.6. The first-order chi connectivity index (χ1) is 14.3. The summed E-state index contributed by atoms with van der Waals surface area (Å²) in [7, 11) is 0. The molecular weight excluding hydrogens is 406 g/mol. The van der Waals surface area contributed by atoms with Crippen molar-refractivity contribution in [3.63, 3.8) is 0 Å². The van der Waals surface area contributed by atoms with Crippen molar-refractivity contribution >= 4 is 11.7 Å². The van der Waals surface area contributed by atoms with Gasteiger partial charge in [0.2, 0.25) is 0 Å². The van der Waals surface area contributed by atoms with Crippen molar-refractivity contribution in [1.82, 2.24) is 0 Å². The Morgan fingerprint density at radius 1 is 1.00 bits per heavy atom. The van der Waals surface area contributed by atoms with E-state index in [1.54, 1.807) is 0 Å². The number of aliphatic carboxylic acids is 1. The summed E-state index contributed by atoms with van der Waals surface area (Å²) in [6.07, 6.45) is 0. The molecule has 0 aliphatic rings. The predicted molar refractivity (Wildman–Crippen MR) is 100 cm³/mol. The lowest BCUT2D eigenvalue weighted by molar-refractivity contribution is -0.139. The van der Waals surface area contributed by atoms with E-state index in [0.717, 1.165) is 18.2 Å². The number of phenolic OH excluding ortho intramolecular Hbond substituents is 1. The van der Waals surface area contributed by atoms with Crippen LogP contribution in [0.3, 0.4) is 0 Å². The molecule has 5 nitrogen and oxygen atoms in total. The molecule has 0 radical (unpaired) electrons. The molecule has 0 spiro atoms. The number of hydrogen-bond acceptors (Lipinski definition) is 4. The lowest BCUT2D eigenvalue weighted by Gasteiger charge is -2.15. The van der Waals surface area contributed by atoms with E-state index in [0.29, 0.717) is 0 Å². The van der Waals surface area contributed by atoms with Gasteiger partial charge < -0.3 is 20.3 Å². The Bertz CT molecular complexity index is 1100. The van der Waals surface area contributed by atoms with Crippen LogP contribution in [0.15, 0.2) is 48.5 Å². The summed E-state index contributed by atoms with van der Waals surface area (Å²) >= 11 is 0. The lowest BCUT2D eigenvalue weighted by atomic mass is 10.0. The number of rotatable bonds is 7. The number of hydrogen-bond donors (Lipinski definition) is 3. The van der Waals surface area contributed by atoms with E-state index in [1.165, 1.54) is 30.3 Å². The zero-order valence-corrected chi connectivity index (χ0v) is 15.3. The Labute approximate surface area is 168 Å². The fourth-order valence-corrected chi connectivity index (χ4v) is 2.78. The van der Waals surface area contributed by atoms with Gasteiger partial charge in [-0.05, 0) is 42.0 Å². The molecule has 3 aromatic carbocycles. The summed E-state index contributed by atoms with van der Waals surface area (Å²) in [4.78, 5) is 10.6.